The number of nitrogens with zero attached hydrogens (tertiary/aromatic N) is 3. The highest BCUT2D eigenvalue weighted by molar-refractivity contribution is 5.74. The Morgan fingerprint density at radius 3 is 2.35 bits per heavy atom. The van der Waals surface area contributed by atoms with Gasteiger partial charge in [-0.2, -0.15) is 13.2 Å². The third-order valence-electron chi connectivity index (χ3n) is 3.32. The summed E-state index contributed by atoms with van der Waals surface area (Å²) in [6, 6.07) is 7.22. The molecule has 9 heteroatoms. The quantitative estimate of drug-likeness (QED) is 0.638. The van der Waals surface area contributed by atoms with E-state index in [1.807, 2.05) is 0 Å². The number of halogens is 4. The lowest BCUT2D eigenvalue weighted by Crippen LogP contribution is -2.10. The van der Waals surface area contributed by atoms with Crippen molar-refractivity contribution in [2.45, 2.75) is 6.18 Å². The van der Waals surface area contributed by atoms with Gasteiger partial charge in [0.05, 0.1) is 19.5 Å². The van der Waals surface area contributed by atoms with Crippen LogP contribution in [0.1, 0.15) is 5.82 Å². The smallest absolute Gasteiger partial charge is 0.451 e. The van der Waals surface area contributed by atoms with Crippen molar-refractivity contribution in [3.63, 3.8) is 0 Å². The van der Waals surface area contributed by atoms with Crippen molar-refractivity contribution in [1.82, 2.24) is 15.0 Å². The fourth-order valence-corrected chi connectivity index (χ4v) is 2.19. The van der Waals surface area contributed by atoms with Gasteiger partial charge in [-0.15, -0.1) is 0 Å². The van der Waals surface area contributed by atoms with Gasteiger partial charge < -0.3 is 9.47 Å². The Hall–Kier alpha value is -3.23. The van der Waals surface area contributed by atoms with E-state index in [0.29, 0.717) is 11.1 Å². The van der Waals surface area contributed by atoms with Crippen LogP contribution in [0.2, 0.25) is 0 Å². The zero-order valence-corrected chi connectivity index (χ0v) is 13.3. The van der Waals surface area contributed by atoms with Gasteiger partial charge in [0.15, 0.2) is 5.75 Å². The Labute approximate surface area is 145 Å². The summed E-state index contributed by atoms with van der Waals surface area (Å²) in [5.74, 6) is -1.44. The van der Waals surface area contributed by atoms with Gasteiger partial charge in [-0.05, 0) is 24.3 Å². The van der Waals surface area contributed by atoms with Gasteiger partial charge in [-0.1, -0.05) is 0 Å². The molecule has 0 aliphatic heterocycles. The number of alkyl halides is 3. The third-order valence-corrected chi connectivity index (χ3v) is 3.32. The fraction of sp³-hybridized carbons (Fsp3) is 0.118. The van der Waals surface area contributed by atoms with Crippen LogP contribution < -0.4 is 9.47 Å². The second kappa shape index (κ2) is 6.95. The van der Waals surface area contributed by atoms with Crippen molar-refractivity contribution in [2.24, 2.45) is 0 Å². The first-order valence-corrected chi connectivity index (χ1v) is 7.24. The molecule has 0 fully saturated rings. The maximum Gasteiger partial charge on any atom is 0.451 e. The van der Waals surface area contributed by atoms with E-state index in [2.05, 4.69) is 15.0 Å². The van der Waals surface area contributed by atoms with Crippen molar-refractivity contribution in [2.75, 3.05) is 7.11 Å². The lowest BCUT2D eigenvalue weighted by Gasteiger charge is -2.13. The standard InChI is InChI=1S/C17H11F4N3O2/c1-25-14-7-10(18)4-5-12(14)13-3-2-6-22-15(13)26-11-8-23-16(24-9-11)17(19,20)21/h2-9H,1H3. The van der Waals surface area contributed by atoms with Crippen LogP contribution in [0, 0.1) is 5.82 Å². The molecule has 0 N–H and O–H groups in total. The van der Waals surface area contributed by atoms with E-state index in [9.17, 15) is 17.6 Å². The van der Waals surface area contributed by atoms with Gasteiger partial charge in [0.25, 0.3) is 0 Å². The Morgan fingerprint density at radius 2 is 1.69 bits per heavy atom. The number of rotatable bonds is 4. The highest BCUT2D eigenvalue weighted by atomic mass is 19.4. The zero-order valence-electron chi connectivity index (χ0n) is 13.3. The van der Waals surface area contributed by atoms with E-state index < -0.39 is 17.8 Å². The molecule has 2 aromatic heterocycles. The van der Waals surface area contributed by atoms with Gasteiger partial charge in [-0.3, -0.25) is 0 Å². The average molecular weight is 365 g/mol. The molecule has 0 spiro atoms. The molecule has 0 bridgehead atoms. The van der Waals surface area contributed by atoms with Crippen molar-refractivity contribution in [1.29, 1.82) is 0 Å². The van der Waals surface area contributed by atoms with E-state index in [0.717, 1.165) is 12.4 Å². The minimum atomic E-state index is -4.64. The molecule has 0 aliphatic rings. The Bertz CT molecular complexity index is 915. The maximum absolute atomic E-state index is 13.4. The molecule has 0 unspecified atom stereocenters. The molecule has 0 saturated heterocycles. The highest BCUT2D eigenvalue weighted by Gasteiger charge is 2.34. The second-order valence-corrected chi connectivity index (χ2v) is 5.04. The average Bonchev–Trinajstić information content (AvgIpc) is 2.62. The van der Waals surface area contributed by atoms with Crippen molar-refractivity contribution < 1.29 is 27.0 Å². The monoisotopic (exact) mass is 365 g/mol. The number of methoxy groups -OCH3 is 1. The first-order chi connectivity index (χ1) is 12.4. The second-order valence-electron chi connectivity index (χ2n) is 5.04. The lowest BCUT2D eigenvalue weighted by molar-refractivity contribution is -0.145. The molecule has 0 amide bonds. The topological polar surface area (TPSA) is 57.1 Å². The van der Waals surface area contributed by atoms with Crippen LogP contribution in [0.4, 0.5) is 17.6 Å². The molecule has 3 aromatic rings. The molecule has 134 valence electrons. The largest absolute Gasteiger partial charge is 0.496 e. The number of hydrogen-bond donors (Lipinski definition) is 0. The molecule has 5 nitrogen and oxygen atoms in total. The van der Waals surface area contributed by atoms with Gasteiger partial charge >= 0.3 is 6.18 Å². The third kappa shape index (κ3) is 3.71. The predicted molar refractivity (Wildman–Crippen MR) is 83.3 cm³/mol. The molecular weight excluding hydrogens is 354 g/mol. The van der Waals surface area contributed by atoms with Crippen LogP contribution in [0.25, 0.3) is 11.1 Å². The van der Waals surface area contributed by atoms with E-state index in [1.54, 1.807) is 12.1 Å². The summed E-state index contributed by atoms with van der Waals surface area (Å²) < 4.78 is 61.6. The number of hydrogen-bond acceptors (Lipinski definition) is 5. The predicted octanol–water partition coefficient (Wildman–Crippen LogP) is 4.50. The first kappa shape index (κ1) is 17.6. The van der Waals surface area contributed by atoms with Gasteiger partial charge in [-0.25, -0.2) is 19.3 Å². The summed E-state index contributed by atoms with van der Waals surface area (Å²) in [5.41, 5.74) is 0.967. The van der Waals surface area contributed by atoms with Crippen molar-refractivity contribution in [3.8, 4) is 28.5 Å². The summed E-state index contributed by atoms with van der Waals surface area (Å²) in [7, 11) is 1.39. The molecule has 0 aliphatic carbocycles. The zero-order chi connectivity index (χ0) is 18.7. The molecule has 0 saturated carbocycles. The minimum absolute atomic E-state index is 0.0287. The van der Waals surface area contributed by atoms with Crippen LogP contribution in [0.3, 0.4) is 0 Å². The number of benzene rings is 1. The van der Waals surface area contributed by atoms with E-state index >= 15 is 0 Å². The first-order valence-electron chi connectivity index (χ1n) is 7.24. The Morgan fingerprint density at radius 1 is 0.962 bits per heavy atom. The van der Waals surface area contributed by atoms with Crippen LogP contribution >= 0.6 is 0 Å². The molecule has 1 aromatic carbocycles. The van der Waals surface area contributed by atoms with Gasteiger partial charge in [0.1, 0.15) is 11.6 Å². The van der Waals surface area contributed by atoms with Crippen LogP contribution in [-0.2, 0) is 6.18 Å². The minimum Gasteiger partial charge on any atom is -0.496 e. The number of aromatic nitrogens is 3. The summed E-state index contributed by atoms with van der Waals surface area (Å²) in [5, 5.41) is 0. The Balaban J connectivity index is 1.96. The van der Waals surface area contributed by atoms with Crippen LogP contribution in [-0.4, -0.2) is 22.1 Å². The van der Waals surface area contributed by atoms with Gasteiger partial charge in [0.2, 0.25) is 11.7 Å². The molecule has 3 rings (SSSR count). The maximum atomic E-state index is 13.4. The van der Waals surface area contributed by atoms with Crippen LogP contribution in [0.15, 0.2) is 48.9 Å². The van der Waals surface area contributed by atoms with Gasteiger partial charge in [0, 0.05) is 23.4 Å². The SMILES string of the molecule is COc1cc(F)ccc1-c1cccnc1Oc1cnc(C(F)(F)F)nc1. The van der Waals surface area contributed by atoms with Crippen molar-refractivity contribution >= 4 is 0 Å². The molecule has 0 radical (unpaired) electrons. The molecule has 26 heavy (non-hydrogen) atoms. The molecule has 2 heterocycles. The fourth-order valence-electron chi connectivity index (χ4n) is 2.19. The van der Waals surface area contributed by atoms with E-state index in [1.165, 1.54) is 31.5 Å². The highest BCUT2D eigenvalue weighted by Crippen LogP contribution is 2.37. The molecule has 0 atom stereocenters. The summed E-state index contributed by atoms with van der Waals surface area (Å²) >= 11 is 0. The van der Waals surface area contributed by atoms with E-state index in [-0.39, 0.29) is 17.4 Å². The summed E-state index contributed by atoms with van der Waals surface area (Å²) in [6.07, 6.45) is -1.40. The van der Waals surface area contributed by atoms with E-state index in [4.69, 9.17) is 9.47 Å². The molecular formula is C17H11F4N3O2. The number of ether oxygens (including phenoxy) is 2. The Kier molecular flexibility index (Phi) is 4.70. The van der Waals surface area contributed by atoms with Crippen molar-refractivity contribution in [3.05, 3.63) is 60.6 Å². The van der Waals surface area contributed by atoms with Crippen LogP contribution in [0.5, 0.6) is 17.4 Å². The normalized spacial score (nSPS) is 11.3. The summed E-state index contributed by atoms with van der Waals surface area (Å²) in [6.45, 7) is 0. The summed E-state index contributed by atoms with van der Waals surface area (Å²) in [4.78, 5) is 10.5. The number of pyridine rings is 1. The lowest BCUT2D eigenvalue weighted by atomic mass is 10.1.